The minimum absolute atomic E-state index is 0.00986. The maximum Gasteiger partial charge on any atom is 0.270 e. The quantitative estimate of drug-likeness (QED) is 0.362. The average molecular weight is 340 g/mol. The number of carbonyl (C=O) groups excluding carboxylic acids is 1. The van der Waals surface area contributed by atoms with Gasteiger partial charge in [0, 0.05) is 18.2 Å². The number of nitro groups is 1. The summed E-state index contributed by atoms with van der Waals surface area (Å²) in [6.45, 7) is 4.78. The molecule has 0 aliphatic carbocycles. The zero-order chi connectivity index (χ0) is 18.2. The highest BCUT2D eigenvalue weighted by atomic mass is 16.6. The lowest BCUT2D eigenvalue weighted by Gasteiger charge is -2.08. The Hall–Kier alpha value is -3.15. The van der Waals surface area contributed by atoms with Crippen LogP contribution in [-0.4, -0.2) is 24.0 Å². The number of hydrogen-bond donors (Lipinski definition) is 1. The summed E-state index contributed by atoms with van der Waals surface area (Å²) in [6, 6.07) is 11.9. The van der Waals surface area contributed by atoms with Crippen LogP contribution in [0.5, 0.6) is 5.75 Å². The van der Waals surface area contributed by atoms with Gasteiger partial charge in [0.15, 0.2) is 0 Å². The minimum atomic E-state index is -0.471. The highest BCUT2D eigenvalue weighted by Gasteiger charge is 2.04. The van der Waals surface area contributed by atoms with E-state index >= 15 is 0 Å². The number of ether oxygens (including phenoxy) is 1. The van der Waals surface area contributed by atoms with E-state index in [4.69, 9.17) is 4.74 Å². The number of amides is 1. The molecule has 0 radical (unpaired) electrons. The van der Waals surface area contributed by atoms with Crippen molar-refractivity contribution in [3.8, 4) is 5.75 Å². The van der Waals surface area contributed by atoms with Crippen LogP contribution in [0, 0.1) is 24.0 Å². The van der Waals surface area contributed by atoms with Gasteiger partial charge in [0.2, 0.25) is 5.91 Å². The number of nitrogens with zero attached hydrogens (tertiary/aromatic N) is 1. The molecule has 0 saturated heterocycles. The fourth-order valence-corrected chi connectivity index (χ4v) is 2.12. The summed E-state index contributed by atoms with van der Waals surface area (Å²) >= 11 is 0. The van der Waals surface area contributed by atoms with Gasteiger partial charge in [-0.05, 0) is 48.7 Å². The van der Waals surface area contributed by atoms with E-state index in [0.29, 0.717) is 18.7 Å². The van der Waals surface area contributed by atoms with Crippen molar-refractivity contribution in [1.82, 2.24) is 5.32 Å². The predicted octanol–water partition coefficient (Wildman–Crippen LogP) is 3.42. The molecule has 0 fully saturated rings. The number of benzene rings is 2. The fraction of sp³-hybridized carbons (Fsp3) is 0.211. The topological polar surface area (TPSA) is 81.5 Å². The summed E-state index contributed by atoms with van der Waals surface area (Å²) in [5.74, 6) is 0.486. The van der Waals surface area contributed by atoms with Gasteiger partial charge in [-0.2, -0.15) is 0 Å². The van der Waals surface area contributed by atoms with Crippen LogP contribution in [0.25, 0.3) is 6.08 Å². The number of nitro benzene ring substituents is 1. The number of nitrogens with one attached hydrogen (secondary N) is 1. The monoisotopic (exact) mass is 340 g/mol. The van der Waals surface area contributed by atoms with Crippen molar-refractivity contribution < 1.29 is 14.5 Å². The molecule has 0 bridgehead atoms. The largest absolute Gasteiger partial charge is 0.492 e. The Bertz CT molecular complexity index is 800. The predicted molar refractivity (Wildman–Crippen MR) is 96.6 cm³/mol. The summed E-state index contributed by atoms with van der Waals surface area (Å²) in [5, 5.41) is 13.4. The molecule has 2 rings (SSSR count). The second-order valence-corrected chi connectivity index (χ2v) is 5.57. The molecule has 25 heavy (non-hydrogen) atoms. The van der Waals surface area contributed by atoms with Crippen LogP contribution in [0.1, 0.15) is 16.7 Å². The molecule has 0 saturated carbocycles. The molecule has 0 spiro atoms. The van der Waals surface area contributed by atoms with Crippen LogP contribution in [0.15, 0.2) is 48.5 Å². The molecule has 2 aromatic rings. The van der Waals surface area contributed by atoms with E-state index in [1.165, 1.54) is 29.8 Å². The molecule has 0 aromatic heterocycles. The van der Waals surface area contributed by atoms with Crippen molar-refractivity contribution in [2.24, 2.45) is 0 Å². The minimum Gasteiger partial charge on any atom is -0.492 e. The maximum absolute atomic E-state index is 11.8. The van der Waals surface area contributed by atoms with Gasteiger partial charge >= 0.3 is 0 Å². The first-order chi connectivity index (χ1) is 12.0. The number of carbonyl (C=O) groups is 1. The molecule has 6 nitrogen and oxygen atoms in total. The molecule has 1 N–H and O–H groups in total. The number of non-ortho nitro benzene ring substituents is 1. The van der Waals surface area contributed by atoms with Crippen molar-refractivity contribution in [2.45, 2.75) is 13.8 Å². The van der Waals surface area contributed by atoms with Gasteiger partial charge in [0.05, 0.1) is 11.5 Å². The lowest BCUT2D eigenvalue weighted by Crippen LogP contribution is -2.26. The van der Waals surface area contributed by atoms with Gasteiger partial charge in [0.1, 0.15) is 12.4 Å². The Morgan fingerprint density at radius 2 is 2.00 bits per heavy atom. The van der Waals surface area contributed by atoms with Gasteiger partial charge < -0.3 is 10.1 Å². The van der Waals surface area contributed by atoms with Crippen molar-refractivity contribution in [3.05, 3.63) is 75.3 Å². The van der Waals surface area contributed by atoms with Gasteiger partial charge in [0.25, 0.3) is 5.69 Å². The van der Waals surface area contributed by atoms with E-state index in [1.54, 1.807) is 12.1 Å². The van der Waals surface area contributed by atoms with Crippen LogP contribution in [-0.2, 0) is 4.79 Å². The van der Waals surface area contributed by atoms with E-state index < -0.39 is 4.92 Å². The Morgan fingerprint density at radius 1 is 1.20 bits per heavy atom. The van der Waals surface area contributed by atoms with E-state index in [-0.39, 0.29) is 11.6 Å². The fourth-order valence-electron chi connectivity index (χ4n) is 2.12. The summed E-state index contributed by atoms with van der Waals surface area (Å²) in [6.07, 6.45) is 2.88. The third kappa shape index (κ3) is 5.76. The van der Waals surface area contributed by atoms with Crippen LogP contribution in [0.4, 0.5) is 5.69 Å². The number of rotatable bonds is 7. The van der Waals surface area contributed by atoms with Crippen LogP contribution in [0.3, 0.4) is 0 Å². The Labute approximate surface area is 146 Å². The lowest BCUT2D eigenvalue weighted by molar-refractivity contribution is -0.384. The van der Waals surface area contributed by atoms with E-state index in [0.717, 1.165) is 11.3 Å². The molecule has 0 aliphatic heterocycles. The summed E-state index contributed by atoms with van der Waals surface area (Å²) in [4.78, 5) is 22.0. The smallest absolute Gasteiger partial charge is 0.270 e. The molecule has 130 valence electrons. The molecule has 0 atom stereocenters. The first-order valence-corrected chi connectivity index (χ1v) is 7.86. The molecular formula is C19H20N2O4. The van der Waals surface area contributed by atoms with E-state index in [1.807, 2.05) is 32.0 Å². The summed E-state index contributed by atoms with van der Waals surface area (Å²) in [7, 11) is 0. The molecule has 6 heteroatoms. The van der Waals surface area contributed by atoms with Gasteiger partial charge in [-0.1, -0.05) is 18.2 Å². The van der Waals surface area contributed by atoms with Crippen LogP contribution >= 0.6 is 0 Å². The van der Waals surface area contributed by atoms with Crippen LogP contribution < -0.4 is 10.1 Å². The standard InChI is InChI=1S/C19H20N2O4/c1-14-6-8-18(12-15(14)2)25-11-10-20-19(22)9-7-16-4-3-5-17(13-16)21(23)24/h3-9,12-13H,10-11H2,1-2H3,(H,20,22)/b9-7+. The Balaban J connectivity index is 1.77. The van der Waals surface area contributed by atoms with Gasteiger partial charge in [-0.15, -0.1) is 0 Å². The number of aryl methyl sites for hydroxylation is 2. The number of hydrogen-bond acceptors (Lipinski definition) is 4. The van der Waals surface area contributed by atoms with E-state index in [9.17, 15) is 14.9 Å². The molecule has 0 heterocycles. The van der Waals surface area contributed by atoms with Gasteiger partial charge in [-0.3, -0.25) is 14.9 Å². The highest BCUT2D eigenvalue weighted by Crippen LogP contribution is 2.16. The zero-order valence-electron chi connectivity index (χ0n) is 14.2. The second-order valence-electron chi connectivity index (χ2n) is 5.57. The molecule has 2 aromatic carbocycles. The SMILES string of the molecule is Cc1ccc(OCCNC(=O)/C=C/c2cccc([N+](=O)[O-])c2)cc1C. The highest BCUT2D eigenvalue weighted by molar-refractivity contribution is 5.91. The van der Waals surface area contributed by atoms with Gasteiger partial charge in [-0.25, -0.2) is 0 Å². The molecule has 0 aliphatic rings. The zero-order valence-corrected chi connectivity index (χ0v) is 14.2. The van der Waals surface area contributed by atoms with Crippen molar-refractivity contribution in [2.75, 3.05) is 13.2 Å². The van der Waals surface area contributed by atoms with Crippen LogP contribution in [0.2, 0.25) is 0 Å². The third-order valence-corrected chi connectivity index (χ3v) is 3.66. The Kier molecular flexibility index (Phi) is 6.28. The average Bonchev–Trinajstić information content (AvgIpc) is 2.60. The lowest BCUT2D eigenvalue weighted by atomic mass is 10.1. The summed E-state index contributed by atoms with van der Waals surface area (Å²) < 4.78 is 5.58. The molecule has 1 amide bonds. The van der Waals surface area contributed by atoms with Crippen molar-refractivity contribution >= 4 is 17.7 Å². The van der Waals surface area contributed by atoms with Crippen molar-refractivity contribution in [1.29, 1.82) is 0 Å². The maximum atomic E-state index is 11.8. The Morgan fingerprint density at radius 3 is 2.72 bits per heavy atom. The molecular weight excluding hydrogens is 320 g/mol. The van der Waals surface area contributed by atoms with Crippen molar-refractivity contribution in [3.63, 3.8) is 0 Å². The normalized spacial score (nSPS) is 10.6. The first kappa shape index (κ1) is 18.2. The molecule has 0 unspecified atom stereocenters. The van der Waals surface area contributed by atoms with E-state index in [2.05, 4.69) is 5.32 Å². The third-order valence-electron chi connectivity index (χ3n) is 3.66. The second kappa shape index (κ2) is 8.63. The summed E-state index contributed by atoms with van der Waals surface area (Å²) in [5.41, 5.74) is 2.94. The first-order valence-electron chi connectivity index (χ1n) is 7.86.